The molecule has 3 saturated heterocycles. The minimum atomic E-state index is -5.66. The lowest BCUT2D eigenvalue weighted by Gasteiger charge is -2.37. The number of benzene rings is 4. The SMILES string of the molecule is COc1ccc(C(OC[C@H]2O[C@@H](n3cnc4c(NC(C)=O)ncnc43)[C@H](OCOCC(C(F)(F)F)C(F)(F)F)[C@@H]2O[P@@]2O[C@H](c3ccccc3)[C@@H]3CCCN32)(c2ccccc2)c2ccc(OC)cc2)cc1. The van der Waals surface area contributed by atoms with Crippen LogP contribution in [0.2, 0.25) is 0 Å². The molecule has 376 valence electrons. The van der Waals surface area contributed by atoms with Crippen LogP contribution < -0.4 is 14.8 Å². The molecule has 0 unspecified atom stereocenters. The predicted molar refractivity (Wildman–Crippen MR) is 245 cm³/mol. The lowest BCUT2D eigenvalue weighted by molar-refractivity contribution is -0.299. The van der Waals surface area contributed by atoms with Crippen molar-refractivity contribution in [1.29, 1.82) is 0 Å². The number of nitrogens with zero attached hydrogens (tertiary/aromatic N) is 5. The smallest absolute Gasteiger partial charge is 0.402 e. The first kappa shape index (κ1) is 50.2. The minimum absolute atomic E-state index is 0.0690. The van der Waals surface area contributed by atoms with Crippen LogP contribution in [0.5, 0.6) is 11.5 Å². The molecule has 71 heavy (non-hydrogen) atoms. The third-order valence-electron chi connectivity index (χ3n) is 12.6. The van der Waals surface area contributed by atoms with Gasteiger partial charge in [-0.05, 0) is 59.4 Å². The molecule has 1 N–H and O–H groups in total. The van der Waals surface area contributed by atoms with E-state index in [1.807, 2.05) is 84.9 Å². The Morgan fingerprint density at radius 1 is 0.817 bits per heavy atom. The molecule has 9 rings (SSSR count). The second-order valence-corrected chi connectivity index (χ2v) is 18.4. The summed E-state index contributed by atoms with van der Waals surface area (Å²) in [4.78, 5) is 25.3. The number of fused-ring (bicyclic) bond motifs is 2. The van der Waals surface area contributed by atoms with E-state index in [2.05, 4.69) is 24.9 Å². The zero-order valence-corrected chi connectivity index (χ0v) is 39.4. The first-order chi connectivity index (χ1) is 34.2. The average molecular weight is 1010 g/mol. The largest absolute Gasteiger partial charge is 0.497 e. The minimum Gasteiger partial charge on any atom is -0.497 e. The lowest BCUT2D eigenvalue weighted by Crippen LogP contribution is -2.42. The molecule has 3 aliphatic rings. The number of hydrogen-bond donors (Lipinski definition) is 1. The van der Waals surface area contributed by atoms with Crippen LogP contribution in [0, 0.1) is 5.92 Å². The molecule has 2 aromatic heterocycles. The Morgan fingerprint density at radius 2 is 1.44 bits per heavy atom. The summed E-state index contributed by atoms with van der Waals surface area (Å²) in [7, 11) is 1.18. The highest BCUT2D eigenvalue weighted by Crippen LogP contribution is 2.62. The van der Waals surface area contributed by atoms with Gasteiger partial charge >= 0.3 is 12.4 Å². The standard InChI is InChI=1S/C49H49F6N6O9P/c1-30(62)59-44-40-45(57-27-56-44)60(28-58-40)46-43(66-29-65-26-39(48(50,51)52)49(53,54)55)42(70-71-61-24-10-15-37(61)41(69-71)31-11-6-4-7-12-31)38(68-46)25-67-47(32-13-8-5-9-14-32,33-16-20-35(63-2)21-17-33)34-18-22-36(64-3)23-19-34/h4-9,11-14,16-23,27-28,37-39,41-43,46H,10,15,24-26,29H2,1-3H3,(H,56,57,59,62)/t37-,38+,41+,42+,43+,46+,71+/m0/s1. The average Bonchev–Trinajstić information content (AvgIpc) is 4.16. The quantitative estimate of drug-likeness (QED) is 0.0287. The number of ether oxygens (including phenoxy) is 6. The maximum absolute atomic E-state index is 13.7. The molecule has 0 spiro atoms. The number of carbonyl (C=O) groups excluding carboxylic acids is 1. The van der Waals surface area contributed by atoms with Crippen LogP contribution >= 0.6 is 8.53 Å². The van der Waals surface area contributed by atoms with Crippen molar-refractivity contribution in [3.63, 3.8) is 0 Å². The van der Waals surface area contributed by atoms with E-state index in [9.17, 15) is 31.1 Å². The van der Waals surface area contributed by atoms with Crippen LogP contribution in [0.15, 0.2) is 122 Å². The summed E-state index contributed by atoms with van der Waals surface area (Å²) in [5.74, 6) is -2.99. The number of aromatic nitrogens is 4. The Morgan fingerprint density at radius 3 is 2.04 bits per heavy atom. The maximum Gasteiger partial charge on any atom is 0.402 e. The lowest BCUT2D eigenvalue weighted by atomic mass is 9.80. The molecule has 7 atom stereocenters. The van der Waals surface area contributed by atoms with Crippen LogP contribution in [0.4, 0.5) is 32.2 Å². The van der Waals surface area contributed by atoms with Crippen molar-refractivity contribution < 1.29 is 68.6 Å². The molecule has 1 amide bonds. The van der Waals surface area contributed by atoms with Crippen molar-refractivity contribution in [2.45, 2.75) is 74.4 Å². The zero-order chi connectivity index (χ0) is 49.9. The molecule has 3 aliphatic heterocycles. The number of carbonyl (C=O) groups is 1. The van der Waals surface area contributed by atoms with Crippen LogP contribution in [0.25, 0.3) is 11.2 Å². The van der Waals surface area contributed by atoms with Crippen LogP contribution in [0.1, 0.15) is 54.4 Å². The summed E-state index contributed by atoms with van der Waals surface area (Å²) in [6.07, 6.45) is -12.6. The maximum atomic E-state index is 13.7. The summed E-state index contributed by atoms with van der Waals surface area (Å²) < 4.78 is 136. The Hall–Kier alpha value is -5.77. The summed E-state index contributed by atoms with van der Waals surface area (Å²) in [6, 6.07) is 33.7. The van der Waals surface area contributed by atoms with Crippen LogP contribution in [-0.4, -0.2) is 108 Å². The van der Waals surface area contributed by atoms with Gasteiger partial charge in [0.05, 0.1) is 33.8 Å². The Balaban J connectivity index is 1.15. The summed E-state index contributed by atoms with van der Waals surface area (Å²) >= 11 is 0. The third-order valence-corrected chi connectivity index (χ3v) is 14.4. The fourth-order valence-corrected chi connectivity index (χ4v) is 11.2. The highest BCUT2D eigenvalue weighted by molar-refractivity contribution is 7.45. The topological polar surface area (TPSA) is 150 Å². The fourth-order valence-electron chi connectivity index (χ4n) is 9.25. The van der Waals surface area contributed by atoms with Gasteiger partial charge in [0.15, 0.2) is 29.1 Å². The number of anilines is 1. The molecule has 0 aliphatic carbocycles. The molecule has 0 saturated carbocycles. The first-order valence-corrected chi connectivity index (χ1v) is 23.7. The molecule has 6 aromatic rings. The number of nitrogens with one attached hydrogen (secondary N) is 1. The first-order valence-electron chi connectivity index (χ1n) is 22.6. The van der Waals surface area contributed by atoms with Crippen molar-refractivity contribution in [3.05, 3.63) is 144 Å². The number of imidazole rings is 1. The van der Waals surface area contributed by atoms with Gasteiger partial charge in [0.2, 0.25) is 5.91 Å². The van der Waals surface area contributed by atoms with Gasteiger partial charge in [-0.3, -0.25) is 9.36 Å². The Kier molecular flexibility index (Phi) is 14.9. The zero-order valence-electron chi connectivity index (χ0n) is 38.5. The molecule has 0 bridgehead atoms. The van der Waals surface area contributed by atoms with E-state index >= 15 is 0 Å². The van der Waals surface area contributed by atoms with Crippen LogP contribution in [-0.2, 0) is 38.4 Å². The monoisotopic (exact) mass is 1010 g/mol. The summed E-state index contributed by atoms with van der Waals surface area (Å²) in [5, 5.41) is 2.62. The third kappa shape index (κ3) is 10.5. The highest BCUT2D eigenvalue weighted by atomic mass is 31.2. The van der Waals surface area contributed by atoms with E-state index in [4.69, 9.17) is 37.5 Å². The van der Waals surface area contributed by atoms with Gasteiger partial charge in [0.25, 0.3) is 8.53 Å². The Labute approximate surface area is 405 Å². The number of hydrogen-bond acceptors (Lipinski definition) is 13. The number of amides is 1. The van der Waals surface area contributed by atoms with Crippen LogP contribution in [0.3, 0.4) is 0 Å². The van der Waals surface area contributed by atoms with Gasteiger partial charge in [0.1, 0.15) is 54.6 Å². The van der Waals surface area contributed by atoms with Gasteiger partial charge in [-0.2, -0.15) is 26.3 Å². The van der Waals surface area contributed by atoms with Crippen molar-refractivity contribution >= 4 is 31.4 Å². The van der Waals surface area contributed by atoms with Crippen molar-refractivity contribution in [2.24, 2.45) is 5.92 Å². The van der Waals surface area contributed by atoms with Gasteiger partial charge in [-0.15, -0.1) is 0 Å². The van der Waals surface area contributed by atoms with E-state index in [1.54, 1.807) is 38.5 Å². The molecule has 0 radical (unpaired) electrons. The predicted octanol–water partition coefficient (Wildman–Crippen LogP) is 9.66. The van der Waals surface area contributed by atoms with E-state index in [-0.39, 0.29) is 35.7 Å². The normalized spacial score (nSPS) is 22.8. The number of alkyl halides is 6. The highest BCUT2D eigenvalue weighted by Gasteiger charge is 2.58. The molecule has 4 aromatic carbocycles. The molecule has 5 heterocycles. The van der Waals surface area contributed by atoms with Crippen molar-refractivity contribution in [3.8, 4) is 11.5 Å². The second-order valence-electron chi connectivity index (χ2n) is 17.0. The Bertz CT molecular complexity index is 2660. The van der Waals surface area contributed by atoms with E-state index < -0.39 is 76.2 Å². The summed E-state index contributed by atoms with van der Waals surface area (Å²) in [6.45, 7) is -1.20. The summed E-state index contributed by atoms with van der Waals surface area (Å²) in [5.41, 5.74) is 1.91. The van der Waals surface area contributed by atoms with Crippen molar-refractivity contribution in [2.75, 3.05) is 46.1 Å². The number of rotatable bonds is 18. The number of methoxy groups -OCH3 is 2. The van der Waals surface area contributed by atoms with Gasteiger partial charge < -0.3 is 42.8 Å². The molecule has 3 fully saturated rings. The van der Waals surface area contributed by atoms with E-state index in [0.717, 1.165) is 18.4 Å². The van der Waals surface area contributed by atoms with E-state index in [0.29, 0.717) is 34.7 Å². The van der Waals surface area contributed by atoms with Gasteiger partial charge in [0, 0.05) is 19.5 Å². The van der Waals surface area contributed by atoms with Gasteiger partial charge in [-0.25, -0.2) is 19.6 Å². The van der Waals surface area contributed by atoms with Crippen molar-refractivity contribution in [1.82, 2.24) is 24.2 Å². The van der Waals surface area contributed by atoms with Gasteiger partial charge in [-0.1, -0.05) is 84.9 Å². The second kappa shape index (κ2) is 21.1. The number of halogens is 6. The fraction of sp³-hybridized carbons (Fsp3) is 0.388. The molecular weight excluding hydrogens is 962 g/mol. The molecular formula is C49H49F6N6O9P. The van der Waals surface area contributed by atoms with E-state index in [1.165, 1.54) is 24.1 Å². The molecule has 15 nitrogen and oxygen atoms in total. The molecule has 22 heteroatoms.